The molecule has 244 valence electrons. The van der Waals surface area contributed by atoms with Crippen LogP contribution in [0.15, 0.2) is 115 Å². The molecule has 0 unspecified atom stereocenters. The number of benzene rings is 4. The molecule has 1 N–H and O–H groups in total. The van der Waals surface area contributed by atoms with Gasteiger partial charge in [0, 0.05) is 16.5 Å². The molecule has 0 spiro atoms. The van der Waals surface area contributed by atoms with Crippen molar-refractivity contribution in [1.82, 2.24) is 0 Å². The van der Waals surface area contributed by atoms with Crippen molar-refractivity contribution in [2.45, 2.75) is 24.2 Å². The van der Waals surface area contributed by atoms with Crippen molar-refractivity contribution in [3.8, 4) is 5.75 Å². The lowest BCUT2D eigenvalue weighted by Crippen LogP contribution is -2.53. The first-order valence-corrected chi connectivity index (χ1v) is 16.5. The van der Waals surface area contributed by atoms with Crippen LogP contribution in [0.5, 0.6) is 5.75 Å². The van der Waals surface area contributed by atoms with E-state index in [-0.39, 0.29) is 30.0 Å². The minimum Gasteiger partial charge on any atom is -0.505 e. The van der Waals surface area contributed by atoms with Gasteiger partial charge in [-0.3, -0.25) is 24.1 Å². The number of rotatable bonds is 5. The van der Waals surface area contributed by atoms with E-state index in [0.717, 1.165) is 16.5 Å². The van der Waals surface area contributed by atoms with E-state index in [2.05, 4.69) is 6.58 Å². The van der Waals surface area contributed by atoms with Crippen molar-refractivity contribution in [3.63, 3.8) is 0 Å². The van der Waals surface area contributed by atoms with Gasteiger partial charge in [-0.05, 0) is 66.3 Å². The Bertz CT molecular complexity index is 2110. The first-order valence-electron chi connectivity index (χ1n) is 16.2. The van der Waals surface area contributed by atoms with Crippen LogP contribution in [0, 0.1) is 29.5 Å². The molecular formula is C40H30ClFN2O5. The Morgan fingerprint density at radius 2 is 1.55 bits per heavy atom. The monoisotopic (exact) mass is 672 g/mol. The zero-order valence-electron chi connectivity index (χ0n) is 26.1. The maximum absolute atomic E-state index is 15.3. The summed E-state index contributed by atoms with van der Waals surface area (Å²) in [5, 5.41) is 11.7. The van der Waals surface area contributed by atoms with Crippen molar-refractivity contribution in [2.24, 2.45) is 23.7 Å². The van der Waals surface area contributed by atoms with E-state index in [1.165, 1.54) is 11.0 Å². The van der Waals surface area contributed by atoms with Gasteiger partial charge in [-0.25, -0.2) is 9.29 Å². The average molecular weight is 673 g/mol. The third kappa shape index (κ3) is 4.33. The van der Waals surface area contributed by atoms with Gasteiger partial charge in [0.2, 0.25) is 23.6 Å². The molecule has 0 bridgehead atoms. The zero-order chi connectivity index (χ0) is 34.2. The molecule has 7 nitrogen and oxygen atoms in total. The highest BCUT2D eigenvalue weighted by atomic mass is 35.5. The molecule has 4 amide bonds. The number of aromatic hydroxyl groups is 1. The van der Waals surface area contributed by atoms with Gasteiger partial charge in [-0.2, -0.15) is 0 Å². The van der Waals surface area contributed by atoms with E-state index in [4.69, 9.17) is 11.6 Å². The third-order valence-electron chi connectivity index (χ3n) is 10.9. The van der Waals surface area contributed by atoms with E-state index in [1.807, 2.05) is 6.08 Å². The molecule has 6 atom stereocenters. The molecule has 2 saturated heterocycles. The smallest absolute Gasteiger partial charge is 0.246 e. The van der Waals surface area contributed by atoms with Crippen LogP contribution in [-0.4, -0.2) is 28.7 Å². The van der Waals surface area contributed by atoms with Gasteiger partial charge < -0.3 is 5.11 Å². The zero-order valence-corrected chi connectivity index (χ0v) is 26.9. The van der Waals surface area contributed by atoms with Gasteiger partial charge in [0.15, 0.2) is 11.6 Å². The summed E-state index contributed by atoms with van der Waals surface area (Å²) in [5.41, 5.74) is 1.21. The highest BCUT2D eigenvalue weighted by Gasteiger charge is 2.70. The fourth-order valence-electron chi connectivity index (χ4n) is 8.87. The molecule has 4 aliphatic rings. The SMILES string of the molecule is C=Cc1ccc(N2C(=O)[C@H]3[C@H](CC=C4[C@H]3C[C@H]3C(=O)N(c5cccc(Cl)c5)C(=O)[C@@]3(c3ccccc3)[C@H]4c3cccc(F)c3O)C2=O)cc1. The maximum Gasteiger partial charge on any atom is 0.246 e. The molecule has 49 heavy (non-hydrogen) atoms. The molecule has 2 aliphatic heterocycles. The molecule has 0 aromatic heterocycles. The number of fused-ring (bicyclic) bond motifs is 4. The number of anilines is 2. The molecule has 3 fully saturated rings. The van der Waals surface area contributed by atoms with Crippen molar-refractivity contribution >= 4 is 52.7 Å². The molecule has 9 heteroatoms. The second-order valence-electron chi connectivity index (χ2n) is 13.1. The highest BCUT2D eigenvalue weighted by Crippen LogP contribution is 2.65. The summed E-state index contributed by atoms with van der Waals surface area (Å²) in [4.78, 5) is 60.7. The number of para-hydroxylation sites is 1. The third-order valence-corrected chi connectivity index (χ3v) is 11.1. The summed E-state index contributed by atoms with van der Waals surface area (Å²) in [6.45, 7) is 3.77. The lowest BCUT2D eigenvalue weighted by atomic mass is 9.49. The van der Waals surface area contributed by atoms with Gasteiger partial charge in [0.25, 0.3) is 0 Å². The number of amides is 4. The lowest BCUT2D eigenvalue weighted by molar-refractivity contribution is -0.127. The lowest BCUT2D eigenvalue weighted by Gasteiger charge is -2.50. The highest BCUT2D eigenvalue weighted by molar-refractivity contribution is 6.32. The van der Waals surface area contributed by atoms with E-state index in [9.17, 15) is 19.5 Å². The van der Waals surface area contributed by atoms with Gasteiger partial charge >= 0.3 is 0 Å². The quantitative estimate of drug-likeness (QED) is 0.179. The summed E-state index contributed by atoms with van der Waals surface area (Å²) < 4.78 is 15.3. The van der Waals surface area contributed by atoms with Crippen LogP contribution in [0.1, 0.15) is 35.4 Å². The Balaban J connectivity index is 1.35. The summed E-state index contributed by atoms with van der Waals surface area (Å²) in [7, 11) is 0. The largest absolute Gasteiger partial charge is 0.505 e. The molecule has 2 aliphatic carbocycles. The standard InChI is InChI=1S/C40H30ClFN2O5/c1-2-22-14-16-25(17-15-22)43-36(46)28-19-18-27-30(33(28)38(43)48)21-31-37(47)44(26-11-6-10-24(41)20-26)39(49)40(31,23-8-4-3-5-9-23)34(27)29-12-7-13-32(42)35(29)45/h2-18,20,28,30-31,33-34,45H,1,19,21H2/t28-,30+,31-,33-,34+,40+/m0/s1. The minimum absolute atomic E-state index is 0.0817. The first-order chi connectivity index (χ1) is 23.7. The molecule has 2 heterocycles. The van der Waals surface area contributed by atoms with Crippen molar-refractivity contribution in [1.29, 1.82) is 0 Å². The van der Waals surface area contributed by atoms with Crippen LogP contribution in [0.3, 0.4) is 0 Å². The Morgan fingerprint density at radius 3 is 2.27 bits per heavy atom. The number of halogens is 2. The van der Waals surface area contributed by atoms with Crippen molar-refractivity contribution in [2.75, 3.05) is 9.80 Å². The number of phenols is 1. The molecule has 0 radical (unpaired) electrons. The number of allylic oxidation sites excluding steroid dienone is 2. The van der Waals surface area contributed by atoms with Crippen LogP contribution in [0.2, 0.25) is 5.02 Å². The second kappa shape index (κ2) is 11.4. The number of phenolic OH excluding ortho intramolecular Hbond substituents is 1. The normalized spacial score (nSPS) is 27.5. The summed E-state index contributed by atoms with van der Waals surface area (Å²) in [5.74, 6) is -7.52. The number of hydrogen-bond acceptors (Lipinski definition) is 5. The molecule has 1 saturated carbocycles. The summed E-state index contributed by atoms with van der Waals surface area (Å²) in [6, 6.07) is 26.5. The van der Waals surface area contributed by atoms with Crippen molar-refractivity contribution < 1.29 is 28.7 Å². The van der Waals surface area contributed by atoms with Crippen LogP contribution < -0.4 is 9.80 Å². The topological polar surface area (TPSA) is 95.0 Å². The van der Waals surface area contributed by atoms with Gasteiger partial charge in [-0.1, -0.05) is 96.6 Å². The summed E-state index contributed by atoms with van der Waals surface area (Å²) in [6.07, 6.45) is 3.82. The minimum atomic E-state index is -1.62. The maximum atomic E-state index is 15.3. The van der Waals surface area contributed by atoms with Crippen molar-refractivity contribution in [3.05, 3.63) is 143 Å². The van der Waals surface area contributed by atoms with Crippen LogP contribution >= 0.6 is 11.6 Å². The molecule has 8 rings (SSSR count). The Kier molecular flexibility index (Phi) is 7.19. The number of nitrogens with zero attached hydrogens (tertiary/aromatic N) is 2. The predicted octanol–water partition coefficient (Wildman–Crippen LogP) is 7.19. The van der Waals surface area contributed by atoms with Gasteiger partial charge in [0.1, 0.15) is 0 Å². The molecule has 4 aromatic rings. The number of imide groups is 2. The van der Waals surface area contributed by atoms with E-state index in [0.29, 0.717) is 21.8 Å². The Labute approximate surface area is 286 Å². The van der Waals surface area contributed by atoms with Crippen LogP contribution in [-0.2, 0) is 24.6 Å². The average Bonchev–Trinajstić information content (AvgIpc) is 3.50. The predicted molar refractivity (Wildman–Crippen MR) is 183 cm³/mol. The number of carbonyl (C=O) groups excluding carboxylic acids is 4. The summed E-state index contributed by atoms with van der Waals surface area (Å²) >= 11 is 6.35. The fourth-order valence-corrected chi connectivity index (χ4v) is 9.05. The molecular weight excluding hydrogens is 643 g/mol. The van der Waals surface area contributed by atoms with Gasteiger partial charge in [-0.15, -0.1) is 0 Å². The number of carbonyl (C=O) groups is 4. The van der Waals surface area contributed by atoms with E-state index >= 15 is 9.18 Å². The van der Waals surface area contributed by atoms with Crippen LogP contribution in [0.25, 0.3) is 6.08 Å². The Hall–Kier alpha value is -5.34. The Morgan fingerprint density at radius 1 is 0.816 bits per heavy atom. The van der Waals surface area contributed by atoms with Gasteiger partial charge in [0.05, 0.1) is 34.5 Å². The number of hydrogen-bond donors (Lipinski definition) is 1. The second-order valence-corrected chi connectivity index (χ2v) is 13.5. The fraction of sp³-hybridized carbons (Fsp3) is 0.200. The van der Waals surface area contributed by atoms with E-state index in [1.54, 1.807) is 91.0 Å². The molecule has 4 aromatic carbocycles. The first kappa shape index (κ1) is 31.0. The van der Waals surface area contributed by atoms with Crippen LogP contribution in [0.4, 0.5) is 15.8 Å². The van der Waals surface area contributed by atoms with E-state index < -0.39 is 64.3 Å².